The third kappa shape index (κ3) is 6.61. The molecule has 0 N–H and O–H groups in total. The van der Waals surface area contributed by atoms with Crippen molar-refractivity contribution in [2.75, 3.05) is 39.3 Å². The highest BCUT2D eigenvalue weighted by Crippen LogP contribution is 2.30. The Bertz CT molecular complexity index is 875. The topological polar surface area (TPSA) is 70.2 Å². The Morgan fingerprint density at radius 1 is 1.12 bits per heavy atom. The fourth-order valence-electron chi connectivity index (χ4n) is 4.06. The lowest BCUT2D eigenvalue weighted by atomic mass is 10.1. The molecule has 1 unspecified atom stereocenters. The molecule has 0 aromatic heterocycles. The van der Waals surface area contributed by atoms with Crippen LogP contribution in [0.1, 0.15) is 37.8 Å². The molecule has 2 fully saturated rings. The molecule has 7 nitrogen and oxygen atoms in total. The summed E-state index contributed by atoms with van der Waals surface area (Å²) < 4.78 is 44.1. The van der Waals surface area contributed by atoms with Crippen molar-refractivity contribution < 1.29 is 32.3 Å². The lowest BCUT2D eigenvalue weighted by Gasteiger charge is -2.24. The fourth-order valence-corrected chi connectivity index (χ4v) is 4.06. The van der Waals surface area contributed by atoms with Gasteiger partial charge in [0.25, 0.3) is 0 Å². The first-order valence-electron chi connectivity index (χ1n) is 11.2. The van der Waals surface area contributed by atoms with Crippen LogP contribution in [0.25, 0.3) is 0 Å². The third-order valence-electron chi connectivity index (χ3n) is 5.80. The number of hydrogen-bond acceptors (Lipinski definition) is 4. The highest BCUT2D eigenvalue weighted by molar-refractivity contribution is 5.89. The first-order chi connectivity index (χ1) is 15.5. The van der Waals surface area contributed by atoms with Gasteiger partial charge in [0.1, 0.15) is 0 Å². The number of ether oxygens (including phenoxy) is 1. The van der Waals surface area contributed by atoms with Crippen LogP contribution in [0.4, 0.5) is 18.0 Å². The zero-order valence-corrected chi connectivity index (χ0v) is 18.9. The summed E-state index contributed by atoms with van der Waals surface area (Å²) in [5.41, 5.74) is -0.392. The standard InChI is InChI=1S/C23H30F3N3O4/c1-16(2)15-33-22(32)28-8-4-7-27(9-10-28)21(31)18-12-20(30)29(14-18)13-17-5-3-6-19(11-17)23(24,25)26/h3,5-6,11,16,18H,4,7-10,12-15H2,1-2H3. The van der Waals surface area contributed by atoms with E-state index >= 15 is 0 Å². The van der Waals surface area contributed by atoms with Crippen LogP contribution in [0.5, 0.6) is 0 Å². The Labute approximate surface area is 191 Å². The Morgan fingerprint density at radius 3 is 2.52 bits per heavy atom. The number of amides is 3. The molecule has 1 aromatic carbocycles. The number of nitrogens with zero attached hydrogens (tertiary/aromatic N) is 3. The summed E-state index contributed by atoms with van der Waals surface area (Å²) in [5, 5.41) is 0. The fraction of sp³-hybridized carbons (Fsp3) is 0.609. The first-order valence-corrected chi connectivity index (χ1v) is 11.2. The number of alkyl halides is 3. The van der Waals surface area contributed by atoms with E-state index in [1.165, 1.54) is 11.0 Å². The zero-order chi connectivity index (χ0) is 24.2. The van der Waals surface area contributed by atoms with Crippen molar-refractivity contribution in [3.05, 3.63) is 35.4 Å². The van der Waals surface area contributed by atoms with E-state index in [9.17, 15) is 27.6 Å². The van der Waals surface area contributed by atoms with Gasteiger partial charge in [-0.2, -0.15) is 13.2 Å². The van der Waals surface area contributed by atoms with Gasteiger partial charge >= 0.3 is 12.3 Å². The predicted molar refractivity (Wildman–Crippen MR) is 114 cm³/mol. The Kier molecular flexibility index (Phi) is 7.86. The minimum Gasteiger partial charge on any atom is -0.449 e. The molecule has 182 valence electrons. The minimum absolute atomic E-state index is 0.0298. The summed E-state index contributed by atoms with van der Waals surface area (Å²) >= 11 is 0. The second-order valence-electron chi connectivity index (χ2n) is 9.01. The van der Waals surface area contributed by atoms with Crippen molar-refractivity contribution in [1.82, 2.24) is 14.7 Å². The van der Waals surface area contributed by atoms with Crippen molar-refractivity contribution in [2.24, 2.45) is 11.8 Å². The molecule has 3 rings (SSSR count). The molecule has 1 atom stereocenters. The van der Waals surface area contributed by atoms with Crippen LogP contribution < -0.4 is 0 Å². The van der Waals surface area contributed by atoms with Gasteiger partial charge in [0.2, 0.25) is 11.8 Å². The molecule has 2 aliphatic heterocycles. The molecule has 2 aliphatic rings. The summed E-state index contributed by atoms with van der Waals surface area (Å²) in [7, 11) is 0. The summed E-state index contributed by atoms with van der Waals surface area (Å²) in [6.07, 6.45) is -4.20. The number of rotatable bonds is 5. The molecule has 3 amide bonds. The quantitative estimate of drug-likeness (QED) is 0.663. The molecule has 0 spiro atoms. The number of likely N-dealkylation sites (tertiary alicyclic amines) is 1. The number of carbonyl (C=O) groups is 3. The van der Waals surface area contributed by atoms with E-state index in [1.807, 2.05) is 13.8 Å². The summed E-state index contributed by atoms with van der Waals surface area (Å²) in [6, 6.07) is 4.88. The summed E-state index contributed by atoms with van der Waals surface area (Å²) in [5.74, 6) is -0.715. The number of hydrogen-bond donors (Lipinski definition) is 0. The molecular formula is C23H30F3N3O4. The van der Waals surface area contributed by atoms with Crippen LogP contribution in [0.2, 0.25) is 0 Å². The highest BCUT2D eigenvalue weighted by Gasteiger charge is 2.37. The molecular weight excluding hydrogens is 439 g/mol. The van der Waals surface area contributed by atoms with Crippen molar-refractivity contribution >= 4 is 17.9 Å². The van der Waals surface area contributed by atoms with Gasteiger partial charge in [-0.3, -0.25) is 9.59 Å². The first kappa shape index (κ1) is 24.9. The Morgan fingerprint density at radius 2 is 1.82 bits per heavy atom. The van der Waals surface area contributed by atoms with Crippen molar-refractivity contribution in [1.29, 1.82) is 0 Å². The largest absolute Gasteiger partial charge is 0.449 e. The van der Waals surface area contributed by atoms with Crippen molar-refractivity contribution in [2.45, 2.75) is 39.4 Å². The van der Waals surface area contributed by atoms with Gasteiger partial charge in [-0.15, -0.1) is 0 Å². The van der Waals surface area contributed by atoms with E-state index in [2.05, 4.69) is 0 Å². The molecule has 0 radical (unpaired) electrons. The lowest BCUT2D eigenvalue weighted by Crippen LogP contribution is -2.41. The van der Waals surface area contributed by atoms with Gasteiger partial charge < -0.3 is 19.4 Å². The molecule has 0 aliphatic carbocycles. The summed E-state index contributed by atoms with van der Waals surface area (Å²) in [6.45, 7) is 6.13. The van der Waals surface area contributed by atoms with Gasteiger partial charge in [0.05, 0.1) is 18.1 Å². The Balaban J connectivity index is 1.55. The van der Waals surface area contributed by atoms with E-state index in [1.54, 1.807) is 15.9 Å². The monoisotopic (exact) mass is 469 g/mol. The number of benzene rings is 1. The van der Waals surface area contributed by atoms with Crippen LogP contribution >= 0.6 is 0 Å². The minimum atomic E-state index is -4.45. The second-order valence-corrected chi connectivity index (χ2v) is 9.01. The average Bonchev–Trinajstić information content (AvgIpc) is 2.96. The maximum Gasteiger partial charge on any atom is 0.416 e. The van der Waals surface area contributed by atoms with Gasteiger partial charge in [-0.05, 0) is 30.0 Å². The SMILES string of the molecule is CC(C)COC(=O)N1CCCN(C(=O)C2CC(=O)N(Cc3cccc(C(F)(F)F)c3)C2)CC1. The molecule has 1 aromatic rings. The van der Waals surface area contributed by atoms with Crippen LogP contribution in [0.3, 0.4) is 0 Å². The lowest BCUT2D eigenvalue weighted by molar-refractivity contribution is -0.137. The van der Waals surface area contributed by atoms with E-state index in [-0.39, 0.29) is 43.3 Å². The van der Waals surface area contributed by atoms with E-state index in [0.717, 1.165) is 12.1 Å². The van der Waals surface area contributed by atoms with Gasteiger partial charge in [0, 0.05) is 45.7 Å². The Hall–Kier alpha value is -2.78. The smallest absolute Gasteiger partial charge is 0.416 e. The van der Waals surface area contributed by atoms with Gasteiger partial charge in [-0.1, -0.05) is 26.0 Å². The van der Waals surface area contributed by atoms with Gasteiger partial charge in [-0.25, -0.2) is 4.79 Å². The van der Waals surface area contributed by atoms with Gasteiger partial charge in [0.15, 0.2) is 0 Å². The highest BCUT2D eigenvalue weighted by atomic mass is 19.4. The average molecular weight is 470 g/mol. The second kappa shape index (κ2) is 10.4. The van der Waals surface area contributed by atoms with Crippen LogP contribution in [0.15, 0.2) is 24.3 Å². The predicted octanol–water partition coefficient (Wildman–Crippen LogP) is 3.38. The summed E-state index contributed by atoms with van der Waals surface area (Å²) in [4.78, 5) is 42.4. The van der Waals surface area contributed by atoms with Crippen LogP contribution in [-0.4, -0.2) is 71.9 Å². The van der Waals surface area contributed by atoms with Crippen LogP contribution in [0, 0.1) is 11.8 Å². The molecule has 2 heterocycles. The maximum atomic E-state index is 13.0. The molecule has 10 heteroatoms. The number of carbonyl (C=O) groups excluding carboxylic acids is 3. The van der Waals surface area contributed by atoms with E-state index in [0.29, 0.717) is 44.8 Å². The van der Waals surface area contributed by atoms with E-state index in [4.69, 9.17) is 4.74 Å². The third-order valence-corrected chi connectivity index (χ3v) is 5.80. The molecule has 0 bridgehead atoms. The number of halogens is 3. The maximum absolute atomic E-state index is 13.0. The van der Waals surface area contributed by atoms with Crippen molar-refractivity contribution in [3.8, 4) is 0 Å². The zero-order valence-electron chi connectivity index (χ0n) is 18.9. The van der Waals surface area contributed by atoms with Crippen molar-refractivity contribution in [3.63, 3.8) is 0 Å². The van der Waals surface area contributed by atoms with E-state index < -0.39 is 17.7 Å². The van der Waals surface area contributed by atoms with Crippen LogP contribution in [-0.2, 0) is 27.0 Å². The molecule has 0 saturated carbocycles. The molecule has 2 saturated heterocycles. The normalized spacial score (nSPS) is 19.8. The molecule has 33 heavy (non-hydrogen) atoms.